The highest BCUT2D eigenvalue weighted by molar-refractivity contribution is 5.88. The highest BCUT2D eigenvalue weighted by Gasteiger charge is 2.26. The quantitative estimate of drug-likeness (QED) is 0.622. The number of Topliss-reactive ketones (excluding diaryl/α,β-unsaturated/α-hetero) is 3. The fourth-order valence-electron chi connectivity index (χ4n) is 1.94. The lowest BCUT2D eigenvalue weighted by molar-refractivity contribution is -0.130. The van der Waals surface area contributed by atoms with E-state index in [1.165, 1.54) is 0 Å². The highest BCUT2D eigenvalue weighted by Crippen LogP contribution is 2.16. The van der Waals surface area contributed by atoms with Crippen LogP contribution >= 0.6 is 0 Å². The van der Waals surface area contributed by atoms with Gasteiger partial charge in [0, 0.05) is 17.8 Å². The third kappa shape index (κ3) is 8.10. The van der Waals surface area contributed by atoms with Gasteiger partial charge in [0.2, 0.25) is 0 Å². The van der Waals surface area contributed by atoms with Gasteiger partial charge in [0.1, 0.15) is 11.6 Å². The van der Waals surface area contributed by atoms with E-state index in [9.17, 15) is 14.4 Å². The molecule has 1 atom stereocenters. The fourth-order valence-corrected chi connectivity index (χ4v) is 1.94. The van der Waals surface area contributed by atoms with E-state index in [2.05, 4.69) is 0 Å². The molecule has 0 aromatic heterocycles. The number of ketones is 3. The van der Waals surface area contributed by atoms with E-state index in [0.717, 1.165) is 12.8 Å². The molecular formula is C17H31NO3. The summed E-state index contributed by atoms with van der Waals surface area (Å²) in [5.41, 5.74) is -0.453. The lowest BCUT2D eigenvalue weighted by Crippen LogP contribution is -2.42. The normalized spacial score (nSPS) is 13.3. The maximum absolute atomic E-state index is 12.2. The van der Waals surface area contributed by atoms with E-state index < -0.39 is 5.41 Å². The molecule has 0 aliphatic carbocycles. The minimum Gasteiger partial charge on any atom is -0.298 e. The summed E-state index contributed by atoms with van der Waals surface area (Å²) in [6.45, 7) is 11.9. The van der Waals surface area contributed by atoms with Crippen molar-refractivity contribution < 1.29 is 14.4 Å². The molecule has 0 bridgehead atoms. The summed E-state index contributed by atoms with van der Waals surface area (Å²) < 4.78 is 0. The first-order chi connectivity index (χ1) is 9.61. The molecule has 0 aromatic rings. The van der Waals surface area contributed by atoms with E-state index in [0.29, 0.717) is 6.42 Å². The van der Waals surface area contributed by atoms with Crippen LogP contribution in [-0.2, 0) is 14.4 Å². The first-order valence-corrected chi connectivity index (χ1v) is 7.91. The second kappa shape index (κ2) is 9.08. The number of nitrogens with zero attached hydrogens (tertiary/aromatic N) is 1. The van der Waals surface area contributed by atoms with E-state index >= 15 is 0 Å². The minimum atomic E-state index is -0.453. The molecule has 0 saturated heterocycles. The van der Waals surface area contributed by atoms with E-state index in [-0.39, 0.29) is 42.9 Å². The molecule has 0 radical (unpaired) electrons. The van der Waals surface area contributed by atoms with Crippen LogP contribution < -0.4 is 0 Å². The number of hydrogen-bond acceptors (Lipinski definition) is 4. The van der Waals surface area contributed by atoms with Gasteiger partial charge in [-0.2, -0.15) is 0 Å². The van der Waals surface area contributed by atoms with Crippen LogP contribution in [0.1, 0.15) is 60.8 Å². The predicted molar refractivity (Wildman–Crippen MR) is 85.3 cm³/mol. The molecule has 0 spiro atoms. The number of hydrogen-bond donors (Lipinski definition) is 0. The molecule has 0 aromatic carbocycles. The van der Waals surface area contributed by atoms with Gasteiger partial charge in [0.25, 0.3) is 0 Å². The average molecular weight is 297 g/mol. The molecule has 0 amide bonds. The van der Waals surface area contributed by atoms with Crippen molar-refractivity contribution in [1.82, 2.24) is 4.90 Å². The zero-order valence-electron chi connectivity index (χ0n) is 14.5. The summed E-state index contributed by atoms with van der Waals surface area (Å²) in [4.78, 5) is 37.7. The molecule has 0 N–H and O–H groups in total. The van der Waals surface area contributed by atoms with Crippen LogP contribution in [-0.4, -0.2) is 41.9 Å². The summed E-state index contributed by atoms with van der Waals surface area (Å²) in [6.07, 6.45) is 2.24. The Hall–Kier alpha value is -1.03. The van der Waals surface area contributed by atoms with Crippen LogP contribution in [0.4, 0.5) is 0 Å². The largest absolute Gasteiger partial charge is 0.298 e. The molecule has 0 aliphatic heterocycles. The van der Waals surface area contributed by atoms with Gasteiger partial charge in [0.05, 0.1) is 19.6 Å². The maximum atomic E-state index is 12.2. The summed E-state index contributed by atoms with van der Waals surface area (Å²) in [5.74, 6) is 0.219. The van der Waals surface area contributed by atoms with Crippen LogP contribution in [0.5, 0.6) is 0 Å². The van der Waals surface area contributed by atoms with Gasteiger partial charge in [-0.1, -0.05) is 48.0 Å². The van der Waals surface area contributed by atoms with Crippen LogP contribution in [0.25, 0.3) is 0 Å². The van der Waals surface area contributed by atoms with Crippen molar-refractivity contribution in [1.29, 1.82) is 0 Å². The van der Waals surface area contributed by atoms with E-state index in [4.69, 9.17) is 0 Å². The Morgan fingerprint density at radius 3 is 2.00 bits per heavy atom. The molecule has 21 heavy (non-hydrogen) atoms. The second-order valence-corrected chi connectivity index (χ2v) is 6.87. The van der Waals surface area contributed by atoms with E-state index in [1.54, 1.807) is 11.8 Å². The Balaban J connectivity index is 4.78. The van der Waals surface area contributed by atoms with Crippen molar-refractivity contribution >= 4 is 17.3 Å². The van der Waals surface area contributed by atoms with Crippen molar-refractivity contribution in [3.05, 3.63) is 0 Å². The van der Waals surface area contributed by atoms with Crippen molar-refractivity contribution in [2.45, 2.75) is 60.8 Å². The van der Waals surface area contributed by atoms with Crippen LogP contribution in [0.2, 0.25) is 0 Å². The molecule has 0 aliphatic rings. The SMILES string of the molecule is CCCC(C)C(=O)CN(CC(=O)CC)CC(=O)C(C)(C)C. The van der Waals surface area contributed by atoms with Gasteiger partial charge in [0.15, 0.2) is 5.78 Å². The molecule has 0 heterocycles. The van der Waals surface area contributed by atoms with E-state index in [1.807, 2.05) is 34.6 Å². The smallest absolute Gasteiger partial charge is 0.152 e. The van der Waals surface area contributed by atoms with Gasteiger partial charge in [-0.15, -0.1) is 0 Å². The van der Waals surface area contributed by atoms with Gasteiger partial charge in [-0.05, 0) is 6.42 Å². The molecular weight excluding hydrogens is 266 g/mol. The molecule has 0 fully saturated rings. The number of carbonyl (C=O) groups excluding carboxylic acids is 3. The summed E-state index contributed by atoms with van der Waals surface area (Å²) in [6, 6.07) is 0. The van der Waals surface area contributed by atoms with Gasteiger partial charge >= 0.3 is 0 Å². The zero-order chi connectivity index (χ0) is 16.6. The molecule has 0 saturated carbocycles. The first kappa shape index (κ1) is 20.0. The number of rotatable bonds is 10. The third-order valence-electron chi connectivity index (χ3n) is 3.65. The number of carbonyl (C=O) groups is 3. The lowest BCUT2D eigenvalue weighted by Gasteiger charge is -2.25. The predicted octanol–water partition coefficient (Wildman–Crippen LogP) is 2.89. The monoisotopic (exact) mass is 297 g/mol. The van der Waals surface area contributed by atoms with Crippen molar-refractivity contribution in [2.24, 2.45) is 11.3 Å². The highest BCUT2D eigenvalue weighted by atomic mass is 16.1. The summed E-state index contributed by atoms with van der Waals surface area (Å²) >= 11 is 0. The van der Waals surface area contributed by atoms with Gasteiger partial charge < -0.3 is 0 Å². The summed E-state index contributed by atoms with van der Waals surface area (Å²) in [7, 11) is 0. The molecule has 122 valence electrons. The van der Waals surface area contributed by atoms with Crippen LogP contribution in [0.3, 0.4) is 0 Å². The van der Waals surface area contributed by atoms with Crippen LogP contribution in [0.15, 0.2) is 0 Å². The van der Waals surface area contributed by atoms with Crippen molar-refractivity contribution in [2.75, 3.05) is 19.6 Å². The fraction of sp³-hybridized carbons (Fsp3) is 0.824. The Morgan fingerprint density at radius 1 is 1.00 bits per heavy atom. The Morgan fingerprint density at radius 2 is 1.57 bits per heavy atom. The summed E-state index contributed by atoms with van der Waals surface area (Å²) in [5, 5.41) is 0. The molecule has 4 heteroatoms. The maximum Gasteiger partial charge on any atom is 0.152 e. The second-order valence-electron chi connectivity index (χ2n) is 6.87. The standard InChI is InChI=1S/C17H31NO3/c1-7-9-13(3)15(20)11-18(10-14(19)8-2)12-16(21)17(4,5)6/h13H,7-12H2,1-6H3. The molecule has 4 nitrogen and oxygen atoms in total. The van der Waals surface area contributed by atoms with Gasteiger partial charge in [-0.3, -0.25) is 19.3 Å². The lowest BCUT2D eigenvalue weighted by atomic mass is 9.90. The topological polar surface area (TPSA) is 54.5 Å². The van der Waals surface area contributed by atoms with Gasteiger partial charge in [-0.25, -0.2) is 0 Å². The molecule has 1 unspecified atom stereocenters. The van der Waals surface area contributed by atoms with Crippen molar-refractivity contribution in [3.63, 3.8) is 0 Å². The minimum absolute atomic E-state index is 0.0148. The third-order valence-corrected chi connectivity index (χ3v) is 3.65. The Labute approximate surface area is 129 Å². The average Bonchev–Trinajstić information content (AvgIpc) is 2.37. The Kier molecular flexibility index (Phi) is 8.64. The Bertz CT molecular complexity index is 369. The first-order valence-electron chi connectivity index (χ1n) is 7.91. The molecule has 0 rings (SSSR count). The van der Waals surface area contributed by atoms with Crippen LogP contribution in [0, 0.1) is 11.3 Å². The van der Waals surface area contributed by atoms with Crippen molar-refractivity contribution in [3.8, 4) is 0 Å². The zero-order valence-corrected chi connectivity index (χ0v) is 14.5.